The number of hydrogen-bond acceptors (Lipinski definition) is 5. The number of allylic oxidation sites excluding steroid dienone is 1. The summed E-state index contributed by atoms with van der Waals surface area (Å²) in [5.41, 5.74) is 7.68. The number of imidazole rings is 1. The molecule has 0 unspecified atom stereocenters. The van der Waals surface area contributed by atoms with Gasteiger partial charge < -0.3 is 5.73 Å². The van der Waals surface area contributed by atoms with Crippen molar-refractivity contribution in [3.05, 3.63) is 57.5 Å². The zero-order valence-electron chi connectivity index (χ0n) is 16.6. The van der Waals surface area contributed by atoms with Crippen molar-refractivity contribution in [2.45, 2.75) is 32.7 Å². The number of nitrogens with two attached hydrogens (primary N) is 1. The van der Waals surface area contributed by atoms with Gasteiger partial charge in [0.05, 0.1) is 5.69 Å². The fourth-order valence-electron chi connectivity index (χ4n) is 4.03. The number of anilines is 1. The van der Waals surface area contributed by atoms with Crippen molar-refractivity contribution in [3.63, 3.8) is 0 Å². The Bertz CT molecular complexity index is 1120. The maximum Gasteiger partial charge on any atom is 0.206 e. The van der Waals surface area contributed by atoms with Crippen LogP contribution in [0.1, 0.15) is 30.3 Å². The third kappa shape index (κ3) is 4.26. The van der Waals surface area contributed by atoms with E-state index in [4.69, 9.17) is 10.7 Å². The van der Waals surface area contributed by atoms with Crippen molar-refractivity contribution in [2.75, 3.05) is 18.8 Å². The normalized spacial score (nSPS) is 17.8. The molecule has 0 radical (unpaired) electrons. The van der Waals surface area contributed by atoms with Gasteiger partial charge in [-0.25, -0.2) is 14.4 Å². The van der Waals surface area contributed by atoms with E-state index in [0.29, 0.717) is 16.8 Å². The molecule has 7 heteroatoms. The van der Waals surface area contributed by atoms with Crippen molar-refractivity contribution in [2.24, 2.45) is 5.92 Å². The summed E-state index contributed by atoms with van der Waals surface area (Å²) in [5, 5.41) is 2.98. The fraction of sp³-hybridized carbons (Fsp3) is 0.364. The van der Waals surface area contributed by atoms with Gasteiger partial charge in [0, 0.05) is 22.8 Å². The molecule has 0 bridgehead atoms. The number of halogens is 1. The topological polar surface area (TPSA) is 59.4 Å². The summed E-state index contributed by atoms with van der Waals surface area (Å²) >= 11 is 1.82. The van der Waals surface area contributed by atoms with Gasteiger partial charge in [-0.1, -0.05) is 18.7 Å². The summed E-state index contributed by atoms with van der Waals surface area (Å²) in [5.74, 6) is 0.460. The number of hydrogen-bond donors (Lipinski definition) is 1. The van der Waals surface area contributed by atoms with Crippen LogP contribution in [0.4, 0.5) is 10.3 Å². The van der Waals surface area contributed by atoms with Gasteiger partial charge in [0.1, 0.15) is 16.8 Å². The number of piperidine rings is 1. The van der Waals surface area contributed by atoms with Crippen molar-refractivity contribution >= 4 is 34.8 Å². The Morgan fingerprint density at radius 3 is 2.83 bits per heavy atom. The molecule has 4 heterocycles. The lowest BCUT2D eigenvalue weighted by Gasteiger charge is -2.31. The highest BCUT2D eigenvalue weighted by molar-refractivity contribution is 7.09. The van der Waals surface area contributed by atoms with Crippen LogP contribution >= 0.6 is 11.3 Å². The molecule has 0 saturated carbocycles. The molecule has 0 spiro atoms. The van der Waals surface area contributed by atoms with Crippen molar-refractivity contribution in [1.82, 2.24) is 19.3 Å². The number of likely N-dealkylation sites (tertiary alicyclic amines) is 1. The number of nitrogens with zero attached hydrogens (tertiary/aromatic N) is 4. The molecular weight excluding hydrogens is 385 g/mol. The van der Waals surface area contributed by atoms with E-state index < -0.39 is 0 Å². The standard InChI is InChI=1S/C22H26FN5S/c1-3-5-19-20(15(2)23)26-22(24)28-13-17(25-21(19)28)12-16-7-9-27(10-8-16)14-18-6-4-11-29-18/h3-6,11,13,16H,1,7-10,12,14H2,2H3,(H2,24,26)/b19-5+,20-15-. The largest absolute Gasteiger partial charge is 0.369 e. The maximum atomic E-state index is 14.0. The highest BCUT2D eigenvalue weighted by atomic mass is 32.1. The van der Waals surface area contributed by atoms with E-state index in [1.807, 2.05) is 17.5 Å². The molecule has 29 heavy (non-hydrogen) atoms. The fourth-order valence-corrected chi connectivity index (χ4v) is 4.77. The summed E-state index contributed by atoms with van der Waals surface area (Å²) in [7, 11) is 0. The Kier molecular flexibility index (Phi) is 5.78. The Balaban J connectivity index is 1.53. The van der Waals surface area contributed by atoms with Crippen molar-refractivity contribution in [3.8, 4) is 0 Å². The molecule has 5 nitrogen and oxygen atoms in total. The second-order valence-corrected chi connectivity index (χ2v) is 8.63. The minimum Gasteiger partial charge on any atom is -0.369 e. The van der Waals surface area contributed by atoms with Gasteiger partial charge in [0.15, 0.2) is 0 Å². The van der Waals surface area contributed by atoms with E-state index in [1.54, 1.807) is 16.6 Å². The summed E-state index contributed by atoms with van der Waals surface area (Å²) in [6, 6.07) is 4.32. The molecule has 0 aromatic carbocycles. The quantitative estimate of drug-likeness (QED) is 0.701. The third-order valence-corrected chi connectivity index (χ3v) is 6.36. The number of nitrogen functional groups attached to an aromatic ring is 1. The minimum atomic E-state index is -0.380. The average molecular weight is 412 g/mol. The molecule has 1 saturated heterocycles. The molecule has 152 valence electrons. The summed E-state index contributed by atoms with van der Waals surface area (Å²) in [4.78, 5) is 13.0. The Hall–Kier alpha value is -2.51. The lowest BCUT2D eigenvalue weighted by Crippen LogP contribution is -2.33. The zero-order valence-corrected chi connectivity index (χ0v) is 17.5. The molecule has 0 amide bonds. The first kappa shape index (κ1) is 19.8. The molecule has 1 fully saturated rings. The SMILES string of the molecule is C=C/C=c1\c(=C(/C)F)nc(N)n2cc(CC3CCN(Cc4cccs4)CC3)nc12. The molecule has 0 atom stereocenters. The third-order valence-electron chi connectivity index (χ3n) is 5.50. The molecule has 1 aliphatic heterocycles. The van der Waals surface area contributed by atoms with Crippen LogP contribution in [-0.4, -0.2) is 32.4 Å². The Labute approximate surface area is 173 Å². The molecule has 3 aromatic heterocycles. The van der Waals surface area contributed by atoms with E-state index in [2.05, 4.69) is 34.0 Å². The van der Waals surface area contributed by atoms with Crippen LogP contribution in [0, 0.1) is 5.92 Å². The number of aromatic nitrogens is 3. The van der Waals surface area contributed by atoms with E-state index in [1.165, 1.54) is 11.8 Å². The number of thiophene rings is 1. The van der Waals surface area contributed by atoms with Crippen LogP contribution in [0.25, 0.3) is 17.6 Å². The monoisotopic (exact) mass is 411 g/mol. The molecule has 3 aromatic rings. The second kappa shape index (κ2) is 8.47. The van der Waals surface area contributed by atoms with Gasteiger partial charge in [-0.2, -0.15) is 0 Å². The molecule has 2 N–H and O–H groups in total. The molecule has 4 rings (SSSR count). The van der Waals surface area contributed by atoms with Gasteiger partial charge in [-0.05, 0) is 62.7 Å². The van der Waals surface area contributed by atoms with E-state index in [0.717, 1.165) is 44.6 Å². The predicted molar refractivity (Wildman–Crippen MR) is 118 cm³/mol. The van der Waals surface area contributed by atoms with Crippen LogP contribution in [-0.2, 0) is 13.0 Å². The van der Waals surface area contributed by atoms with Crippen LogP contribution in [0.5, 0.6) is 0 Å². The average Bonchev–Trinajstić information content (AvgIpc) is 3.35. The van der Waals surface area contributed by atoms with Crippen LogP contribution < -0.4 is 16.3 Å². The highest BCUT2D eigenvalue weighted by Crippen LogP contribution is 2.23. The van der Waals surface area contributed by atoms with Gasteiger partial charge in [0.2, 0.25) is 5.95 Å². The Morgan fingerprint density at radius 1 is 1.38 bits per heavy atom. The highest BCUT2D eigenvalue weighted by Gasteiger charge is 2.21. The molecule has 0 aliphatic carbocycles. The minimum absolute atomic E-state index is 0.230. The molecular formula is C22H26FN5S. The van der Waals surface area contributed by atoms with Gasteiger partial charge >= 0.3 is 0 Å². The van der Waals surface area contributed by atoms with Crippen molar-refractivity contribution in [1.29, 1.82) is 0 Å². The lowest BCUT2D eigenvalue weighted by atomic mass is 9.92. The zero-order chi connectivity index (χ0) is 20.4. The first-order chi connectivity index (χ1) is 14.0. The van der Waals surface area contributed by atoms with Gasteiger partial charge in [0.25, 0.3) is 0 Å². The van der Waals surface area contributed by atoms with Gasteiger partial charge in [-0.3, -0.25) is 9.30 Å². The summed E-state index contributed by atoms with van der Waals surface area (Å²) in [6.07, 6.45) is 8.50. The summed E-state index contributed by atoms with van der Waals surface area (Å²) < 4.78 is 15.7. The van der Waals surface area contributed by atoms with E-state index in [9.17, 15) is 4.39 Å². The lowest BCUT2D eigenvalue weighted by molar-refractivity contribution is 0.178. The van der Waals surface area contributed by atoms with E-state index >= 15 is 0 Å². The first-order valence-electron chi connectivity index (χ1n) is 9.92. The molecule has 1 aliphatic rings. The first-order valence-corrected chi connectivity index (χ1v) is 10.8. The number of rotatable bonds is 5. The van der Waals surface area contributed by atoms with E-state index in [-0.39, 0.29) is 17.1 Å². The summed E-state index contributed by atoms with van der Waals surface area (Å²) in [6.45, 7) is 8.37. The maximum absolute atomic E-state index is 14.0. The van der Waals surface area contributed by atoms with Crippen LogP contribution in [0.3, 0.4) is 0 Å². The second-order valence-electron chi connectivity index (χ2n) is 7.60. The predicted octanol–water partition coefficient (Wildman–Crippen LogP) is 2.89. The smallest absolute Gasteiger partial charge is 0.206 e. The van der Waals surface area contributed by atoms with Crippen molar-refractivity contribution < 1.29 is 4.39 Å². The van der Waals surface area contributed by atoms with Crippen LogP contribution in [0.2, 0.25) is 0 Å². The number of fused-ring (bicyclic) bond motifs is 1. The Morgan fingerprint density at radius 2 is 2.17 bits per heavy atom. The van der Waals surface area contributed by atoms with Gasteiger partial charge in [-0.15, -0.1) is 11.3 Å². The van der Waals surface area contributed by atoms with Crippen LogP contribution in [0.15, 0.2) is 36.4 Å².